The molecule has 5 nitrogen and oxygen atoms in total. The van der Waals surface area contributed by atoms with Crippen LogP contribution in [0, 0.1) is 0 Å². The summed E-state index contributed by atoms with van der Waals surface area (Å²) in [6, 6.07) is 17.3. The molecule has 0 fully saturated rings. The number of carbonyl (C=O) groups is 1. The molecule has 0 amide bonds. The van der Waals surface area contributed by atoms with Crippen LogP contribution in [0.15, 0.2) is 76.6 Å². The lowest BCUT2D eigenvalue weighted by atomic mass is 10.1. The van der Waals surface area contributed by atoms with Crippen LogP contribution in [-0.4, -0.2) is 23.9 Å². The topological polar surface area (TPSA) is 68.1 Å². The van der Waals surface area contributed by atoms with Crippen LogP contribution in [0.1, 0.15) is 18.1 Å². The summed E-state index contributed by atoms with van der Waals surface area (Å²) in [6.45, 7) is 2.08. The standard InChI is InChI=1S/C21H19NO4/c1-14-19(21(24)25-2)20(23)17(22-14)12-16-10-6-7-11-18(16)26-13-15-8-4-3-5-9-15/h3-12,23H,13H2,1-2H3. The molecule has 2 aromatic carbocycles. The number of esters is 1. The molecule has 26 heavy (non-hydrogen) atoms. The Balaban J connectivity index is 1.88. The third-order valence-electron chi connectivity index (χ3n) is 3.97. The highest BCUT2D eigenvalue weighted by Gasteiger charge is 2.27. The Morgan fingerprint density at radius 3 is 2.54 bits per heavy atom. The minimum Gasteiger partial charge on any atom is -0.505 e. The van der Waals surface area contributed by atoms with E-state index in [2.05, 4.69) is 4.99 Å². The van der Waals surface area contributed by atoms with Gasteiger partial charge in [0.05, 0.1) is 12.8 Å². The number of benzene rings is 2. The SMILES string of the molecule is COC(=O)C1=C(O)C(=Cc2ccccc2OCc2ccccc2)N=C1C. The van der Waals surface area contributed by atoms with Crippen molar-refractivity contribution in [2.45, 2.75) is 13.5 Å². The minimum absolute atomic E-state index is 0.0847. The van der Waals surface area contributed by atoms with Gasteiger partial charge in [0.1, 0.15) is 23.6 Å². The predicted octanol–water partition coefficient (Wildman–Crippen LogP) is 4.07. The molecule has 0 saturated carbocycles. The normalized spacial score (nSPS) is 15.2. The van der Waals surface area contributed by atoms with E-state index in [4.69, 9.17) is 9.47 Å². The Morgan fingerprint density at radius 1 is 1.12 bits per heavy atom. The van der Waals surface area contributed by atoms with Gasteiger partial charge >= 0.3 is 5.97 Å². The lowest BCUT2D eigenvalue weighted by Gasteiger charge is -2.09. The molecule has 1 aliphatic rings. The zero-order chi connectivity index (χ0) is 18.5. The van der Waals surface area contributed by atoms with Gasteiger partial charge in [-0.25, -0.2) is 9.79 Å². The van der Waals surface area contributed by atoms with E-state index in [0.29, 0.717) is 23.8 Å². The number of aliphatic hydroxyl groups excluding tert-OH is 1. The molecule has 0 radical (unpaired) electrons. The van der Waals surface area contributed by atoms with Gasteiger partial charge in [-0.15, -0.1) is 0 Å². The second-order valence-electron chi connectivity index (χ2n) is 5.75. The fourth-order valence-electron chi connectivity index (χ4n) is 2.65. The van der Waals surface area contributed by atoms with Crippen LogP contribution >= 0.6 is 0 Å². The molecular formula is C21H19NO4. The number of para-hydroxylation sites is 1. The zero-order valence-electron chi connectivity index (χ0n) is 14.6. The van der Waals surface area contributed by atoms with Crippen LogP contribution < -0.4 is 4.74 Å². The summed E-state index contributed by atoms with van der Waals surface area (Å²) < 4.78 is 10.6. The Morgan fingerprint density at radius 2 is 1.81 bits per heavy atom. The minimum atomic E-state index is -0.610. The lowest BCUT2D eigenvalue weighted by Crippen LogP contribution is -2.11. The molecule has 3 rings (SSSR count). The quantitative estimate of drug-likeness (QED) is 0.827. The average Bonchev–Trinajstić information content (AvgIpc) is 2.94. The number of ether oxygens (including phenoxy) is 2. The van der Waals surface area contributed by atoms with Gasteiger partial charge in [0.15, 0.2) is 5.76 Å². The van der Waals surface area contributed by atoms with Gasteiger partial charge in [-0.1, -0.05) is 48.5 Å². The molecule has 5 heteroatoms. The summed E-state index contributed by atoms with van der Waals surface area (Å²) in [5, 5.41) is 10.3. The van der Waals surface area contributed by atoms with Gasteiger partial charge in [0, 0.05) is 5.56 Å². The molecule has 2 aromatic rings. The Bertz CT molecular complexity index is 911. The van der Waals surface area contributed by atoms with Gasteiger partial charge in [0.25, 0.3) is 0 Å². The largest absolute Gasteiger partial charge is 0.505 e. The molecule has 0 unspecified atom stereocenters. The number of hydrogen-bond acceptors (Lipinski definition) is 5. The molecule has 132 valence electrons. The Kier molecular flexibility index (Phi) is 5.17. The first-order valence-corrected chi connectivity index (χ1v) is 8.15. The molecular weight excluding hydrogens is 330 g/mol. The zero-order valence-corrected chi connectivity index (χ0v) is 14.6. The summed E-state index contributed by atoms with van der Waals surface area (Å²) in [7, 11) is 1.27. The predicted molar refractivity (Wildman–Crippen MR) is 100.0 cm³/mol. The molecule has 1 aliphatic heterocycles. The lowest BCUT2D eigenvalue weighted by molar-refractivity contribution is -0.135. The third kappa shape index (κ3) is 3.67. The monoisotopic (exact) mass is 349 g/mol. The van der Waals surface area contributed by atoms with E-state index >= 15 is 0 Å². The Labute approximate surface area is 151 Å². The van der Waals surface area contributed by atoms with Gasteiger partial charge in [0.2, 0.25) is 0 Å². The summed E-state index contributed by atoms with van der Waals surface area (Å²) in [5.74, 6) is -0.135. The maximum atomic E-state index is 11.8. The molecule has 0 saturated heterocycles. The number of nitrogens with zero attached hydrogens (tertiary/aromatic N) is 1. The second kappa shape index (κ2) is 7.70. The van der Waals surface area contributed by atoms with Gasteiger partial charge < -0.3 is 14.6 Å². The van der Waals surface area contributed by atoms with Crippen LogP contribution in [0.3, 0.4) is 0 Å². The number of aliphatic hydroxyl groups is 1. The maximum absolute atomic E-state index is 11.8. The molecule has 0 bridgehead atoms. The van der Waals surface area contributed by atoms with Crippen molar-refractivity contribution in [2.24, 2.45) is 4.99 Å². The molecule has 0 atom stereocenters. The van der Waals surface area contributed by atoms with E-state index in [1.165, 1.54) is 7.11 Å². The van der Waals surface area contributed by atoms with Crippen molar-refractivity contribution in [3.05, 3.63) is 82.8 Å². The number of hydrogen-bond donors (Lipinski definition) is 1. The van der Waals surface area contributed by atoms with Gasteiger partial charge in [-0.2, -0.15) is 0 Å². The third-order valence-corrected chi connectivity index (χ3v) is 3.97. The van der Waals surface area contributed by atoms with Crippen molar-refractivity contribution in [3.63, 3.8) is 0 Å². The van der Waals surface area contributed by atoms with E-state index in [9.17, 15) is 9.90 Å². The highest BCUT2D eigenvalue weighted by Crippen LogP contribution is 2.29. The maximum Gasteiger partial charge on any atom is 0.343 e. The first-order chi connectivity index (χ1) is 12.6. The molecule has 1 heterocycles. The van der Waals surface area contributed by atoms with Crippen LogP contribution in [0.25, 0.3) is 6.08 Å². The van der Waals surface area contributed by atoms with E-state index in [1.54, 1.807) is 13.0 Å². The van der Waals surface area contributed by atoms with Crippen molar-refractivity contribution >= 4 is 17.8 Å². The van der Waals surface area contributed by atoms with Crippen molar-refractivity contribution in [1.29, 1.82) is 0 Å². The van der Waals surface area contributed by atoms with E-state index in [1.807, 2.05) is 54.6 Å². The molecule has 0 aromatic heterocycles. The van der Waals surface area contributed by atoms with Crippen LogP contribution in [0.4, 0.5) is 0 Å². The van der Waals surface area contributed by atoms with E-state index < -0.39 is 5.97 Å². The highest BCUT2D eigenvalue weighted by atomic mass is 16.5. The van der Waals surface area contributed by atoms with Crippen molar-refractivity contribution in [1.82, 2.24) is 0 Å². The first-order valence-electron chi connectivity index (χ1n) is 8.15. The van der Waals surface area contributed by atoms with E-state index in [-0.39, 0.29) is 11.3 Å². The van der Waals surface area contributed by atoms with Gasteiger partial charge in [-0.05, 0) is 24.6 Å². The summed E-state index contributed by atoms with van der Waals surface area (Å²) >= 11 is 0. The fourth-order valence-corrected chi connectivity index (χ4v) is 2.65. The number of carbonyl (C=O) groups excluding carboxylic acids is 1. The van der Waals surface area contributed by atoms with Crippen molar-refractivity contribution < 1.29 is 19.4 Å². The molecule has 1 N–H and O–H groups in total. The smallest absolute Gasteiger partial charge is 0.343 e. The molecule has 0 spiro atoms. The molecule has 0 aliphatic carbocycles. The second-order valence-corrected chi connectivity index (χ2v) is 5.75. The average molecular weight is 349 g/mol. The summed E-state index contributed by atoms with van der Waals surface area (Å²) in [4.78, 5) is 16.1. The van der Waals surface area contributed by atoms with Crippen LogP contribution in [0.2, 0.25) is 0 Å². The van der Waals surface area contributed by atoms with Crippen molar-refractivity contribution in [2.75, 3.05) is 7.11 Å². The summed E-state index contributed by atoms with van der Waals surface area (Å²) in [6.07, 6.45) is 1.69. The first kappa shape index (κ1) is 17.5. The number of methoxy groups -OCH3 is 1. The Hall–Kier alpha value is -3.34. The van der Waals surface area contributed by atoms with Crippen LogP contribution in [0.5, 0.6) is 5.75 Å². The van der Waals surface area contributed by atoms with Crippen LogP contribution in [-0.2, 0) is 16.1 Å². The highest BCUT2D eigenvalue weighted by molar-refractivity contribution is 6.22. The fraction of sp³-hybridized carbons (Fsp3) is 0.143. The van der Waals surface area contributed by atoms with E-state index in [0.717, 1.165) is 11.1 Å². The number of rotatable bonds is 5. The van der Waals surface area contributed by atoms with Crippen molar-refractivity contribution in [3.8, 4) is 5.75 Å². The van der Waals surface area contributed by atoms with Gasteiger partial charge in [-0.3, -0.25) is 0 Å². The summed E-state index contributed by atoms with van der Waals surface area (Å²) in [5.41, 5.74) is 2.62. The number of aliphatic imine (C=N–C) groups is 1.